The summed E-state index contributed by atoms with van der Waals surface area (Å²) in [6.07, 6.45) is 3.21. The molecule has 0 bridgehead atoms. The Hall–Kier alpha value is -2.14. The van der Waals surface area contributed by atoms with Crippen molar-refractivity contribution in [1.29, 1.82) is 0 Å². The zero-order valence-electron chi connectivity index (χ0n) is 13.8. The van der Waals surface area contributed by atoms with Gasteiger partial charge < -0.3 is 9.47 Å². The topological polar surface area (TPSA) is 64.6 Å². The number of rotatable bonds is 4. The molecular formula is C18H23NO4. The number of amides is 1. The molecule has 5 nitrogen and oxygen atoms in total. The molecule has 1 heterocycles. The Kier molecular flexibility index (Phi) is 5.21. The lowest BCUT2D eigenvalue weighted by molar-refractivity contribution is -0.122. The van der Waals surface area contributed by atoms with Crippen LogP contribution < -0.4 is 5.32 Å². The van der Waals surface area contributed by atoms with E-state index in [9.17, 15) is 9.59 Å². The normalized spacial score (nSPS) is 21.8. The number of hydrogen-bond acceptors (Lipinski definition) is 4. The maximum Gasteiger partial charge on any atom is 0.411 e. The van der Waals surface area contributed by atoms with E-state index in [0.717, 1.165) is 18.3 Å². The molecule has 1 aliphatic rings. The molecule has 5 heteroatoms. The van der Waals surface area contributed by atoms with E-state index in [1.807, 2.05) is 30.3 Å². The van der Waals surface area contributed by atoms with Crippen LogP contribution in [0.2, 0.25) is 0 Å². The smallest absolute Gasteiger partial charge is 0.411 e. The Labute approximate surface area is 136 Å². The summed E-state index contributed by atoms with van der Waals surface area (Å²) in [7, 11) is 0. The highest BCUT2D eigenvalue weighted by Crippen LogP contribution is 2.31. The number of hydrogen-bond donors (Lipinski definition) is 1. The van der Waals surface area contributed by atoms with Crippen molar-refractivity contribution in [3.63, 3.8) is 0 Å². The summed E-state index contributed by atoms with van der Waals surface area (Å²) in [4.78, 5) is 23.8. The van der Waals surface area contributed by atoms with E-state index in [4.69, 9.17) is 9.47 Å². The lowest BCUT2D eigenvalue weighted by atomic mass is 9.95. The second-order valence-electron chi connectivity index (χ2n) is 6.55. The lowest BCUT2D eigenvalue weighted by Gasteiger charge is -2.27. The number of alkyl carbamates (subject to hydrolysis) is 1. The fourth-order valence-corrected chi connectivity index (χ4v) is 2.42. The predicted molar refractivity (Wildman–Crippen MR) is 87.8 cm³/mol. The van der Waals surface area contributed by atoms with Crippen molar-refractivity contribution < 1.29 is 19.1 Å². The van der Waals surface area contributed by atoms with Gasteiger partial charge in [0.1, 0.15) is 5.60 Å². The predicted octanol–water partition coefficient (Wildman–Crippen LogP) is 3.30. The van der Waals surface area contributed by atoms with Crippen molar-refractivity contribution in [2.45, 2.75) is 44.8 Å². The van der Waals surface area contributed by atoms with Gasteiger partial charge in [0.25, 0.3) is 0 Å². The van der Waals surface area contributed by atoms with Gasteiger partial charge in [-0.05, 0) is 45.3 Å². The van der Waals surface area contributed by atoms with E-state index < -0.39 is 17.3 Å². The third-order valence-corrected chi connectivity index (χ3v) is 3.44. The molecule has 0 aliphatic carbocycles. The van der Waals surface area contributed by atoms with Crippen LogP contribution in [0, 0.1) is 0 Å². The Balaban J connectivity index is 2.30. The molecule has 0 spiro atoms. The van der Waals surface area contributed by atoms with Crippen LogP contribution in [0.3, 0.4) is 0 Å². The van der Waals surface area contributed by atoms with E-state index >= 15 is 0 Å². The number of nitrogens with one attached hydrogen (secondary N) is 1. The minimum absolute atomic E-state index is 0.408. The van der Waals surface area contributed by atoms with Gasteiger partial charge in [-0.1, -0.05) is 30.3 Å². The van der Waals surface area contributed by atoms with E-state index in [-0.39, 0.29) is 0 Å². The van der Waals surface area contributed by atoms with Crippen LogP contribution in [0.15, 0.2) is 36.0 Å². The molecule has 23 heavy (non-hydrogen) atoms. The minimum atomic E-state index is -1.12. The standard InChI is InChI=1S/C18H23NO4/c1-17(2,3)23-16(21)19-15(12-14-8-5-4-6-9-14)18(13-20)10-7-11-22-18/h4-6,8-9,12-13H,7,10-11H2,1-3H3,(H,19,21)/t18-/m1/s1. The zero-order valence-corrected chi connectivity index (χ0v) is 13.8. The first kappa shape index (κ1) is 17.2. The number of carbonyl (C=O) groups is 2. The van der Waals surface area contributed by atoms with Crippen LogP contribution in [0.5, 0.6) is 0 Å². The Bertz CT molecular complexity index is 581. The summed E-state index contributed by atoms with van der Waals surface area (Å²) in [5.41, 5.74) is -0.458. The molecular weight excluding hydrogens is 294 g/mol. The van der Waals surface area contributed by atoms with Gasteiger partial charge in [0.15, 0.2) is 11.9 Å². The average Bonchev–Trinajstić information content (AvgIpc) is 2.96. The van der Waals surface area contributed by atoms with Gasteiger partial charge in [0.2, 0.25) is 0 Å². The Morgan fingerprint density at radius 2 is 2.00 bits per heavy atom. The molecule has 1 N–H and O–H groups in total. The fourth-order valence-electron chi connectivity index (χ4n) is 2.42. The van der Waals surface area contributed by atoms with E-state index in [2.05, 4.69) is 5.32 Å². The maximum atomic E-state index is 12.1. The highest BCUT2D eigenvalue weighted by molar-refractivity contribution is 5.79. The van der Waals surface area contributed by atoms with E-state index in [1.165, 1.54) is 0 Å². The van der Waals surface area contributed by atoms with E-state index in [1.54, 1.807) is 26.8 Å². The van der Waals surface area contributed by atoms with Crippen molar-refractivity contribution in [1.82, 2.24) is 5.32 Å². The van der Waals surface area contributed by atoms with Crippen LogP contribution in [0.1, 0.15) is 39.2 Å². The van der Waals surface area contributed by atoms with Gasteiger partial charge in [-0.15, -0.1) is 0 Å². The molecule has 1 saturated heterocycles. The molecule has 1 amide bonds. The number of aldehydes is 1. The first-order chi connectivity index (χ1) is 10.8. The lowest BCUT2D eigenvalue weighted by Crippen LogP contribution is -2.43. The highest BCUT2D eigenvalue weighted by Gasteiger charge is 2.40. The molecule has 1 aromatic carbocycles. The van der Waals surface area contributed by atoms with Crippen molar-refractivity contribution in [2.75, 3.05) is 6.61 Å². The second-order valence-corrected chi connectivity index (χ2v) is 6.55. The summed E-state index contributed by atoms with van der Waals surface area (Å²) in [6.45, 7) is 5.85. The molecule has 0 radical (unpaired) electrons. The van der Waals surface area contributed by atoms with Crippen LogP contribution in [0.4, 0.5) is 4.79 Å². The molecule has 0 saturated carbocycles. The van der Waals surface area contributed by atoms with Crippen LogP contribution in [-0.2, 0) is 14.3 Å². The summed E-state index contributed by atoms with van der Waals surface area (Å²) in [5.74, 6) is 0. The minimum Gasteiger partial charge on any atom is -0.444 e. The molecule has 2 rings (SSSR count). The zero-order chi connectivity index (χ0) is 16.9. The van der Waals surface area contributed by atoms with Crippen molar-refractivity contribution in [2.24, 2.45) is 0 Å². The van der Waals surface area contributed by atoms with Crippen LogP contribution >= 0.6 is 0 Å². The molecule has 1 aliphatic heterocycles. The Morgan fingerprint density at radius 3 is 2.52 bits per heavy atom. The van der Waals surface area contributed by atoms with Gasteiger partial charge in [0, 0.05) is 6.61 Å². The SMILES string of the molecule is CC(C)(C)OC(=O)NC(=Cc1ccccc1)[C@]1(C=O)CCCO1. The summed E-state index contributed by atoms with van der Waals surface area (Å²) in [6, 6.07) is 9.47. The maximum absolute atomic E-state index is 12.1. The van der Waals surface area contributed by atoms with Crippen LogP contribution in [-0.4, -0.2) is 30.2 Å². The number of ether oxygens (including phenoxy) is 2. The fraction of sp³-hybridized carbons (Fsp3) is 0.444. The van der Waals surface area contributed by atoms with Gasteiger partial charge in [-0.2, -0.15) is 0 Å². The Morgan fingerprint density at radius 1 is 1.30 bits per heavy atom. The van der Waals surface area contributed by atoms with Gasteiger partial charge in [-0.3, -0.25) is 10.1 Å². The van der Waals surface area contributed by atoms with E-state index in [0.29, 0.717) is 18.7 Å². The van der Waals surface area contributed by atoms with Crippen molar-refractivity contribution in [3.8, 4) is 0 Å². The molecule has 1 atom stereocenters. The monoisotopic (exact) mass is 317 g/mol. The van der Waals surface area contributed by atoms with Gasteiger partial charge in [-0.25, -0.2) is 4.79 Å². The molecule has 1 fully saturated rings. The van der Waals surface area contributed by atoms with Crippen molar-refractivity contribution in [3.05, 3.63) is 41.6 Å². The number of carbonyl (C=O) groups excluding carboxylic acids is 2. The van der Waals surface area contributed by atoms with Crippen LogP contribution in [0.25, 0.3) is 6.08 Å². The average molecular weight is 317 g/mol. The third-order valence-electron chi connectivity index (χ3n) is 3.44. The van der Waals surface area contributed by atoms with Gasteiger partial charge >= 0.3 is 6.09 Å². The molecule has 0 aromatic heterocycles. The summed E-state index contributed by atoms with van der Waals surface area (Å²) >= 11 is 0. The van der Waals surface area contributed by atoms with Gasteiger partial charge in [0.05, 0.1) is 5.70 Å². The first-order valence-electron chi connectivity index (χ1n) is 7.72. The molecule has 124 valence electrons. The molecule has 1 aromatic rings. The largest absolute Gasteiger partial charge is 0.444 e. The molecule has 0 unspecified atom stereocenters. The third kappa shape index (κ3) is 4.66. The summed E-state index contributed by atoms with van der Waals surface area (Å²) in [5, 5.41) is 2.70. The summed E-state index contributed by atoms with van der Waals surface area (Å²) < 4.78 is 10.9. The second kappa shape index (κ2) is 6.96. The quantitative estimate of drug-likeness (QED) is 0.865. The first-order valence-corrected chi connectivity index (χ1v) is 7.72. The van der Waals surface area contributed by atoms with Crippen molar-refractivity contribution >= 4 is 18.5 Å². The highest BCUT2D eigenvalue weighted by atomic mass is 16.6. The number of benzene rings is 1.